The first-order valence-electron chi connectivity index (χ1n) is 9.29. The maximum Gasteiger partial charge on any atom is 0.237 e. The molecule has 4 aromatic rings. The summed E-state index contributed by atoms with van der Waals surface area (Å²) in [5.74, 6) is 0.998. The molecule has 2 aromatic carbocycles. The van der Waals surface area contributed by atoms with Gasteiger partial charge < -0.3 is 9.64 Å². The number of amides is 1. The lowest BCUT2D eigenvalue weighted by atomic mass is 10.2. The molecule has 30 heavy (non-hydrogen) atoms. The van der Waals surface area contributed by atoms with Gasteiger partial charge in [-0.15, -0.1) is 16.4 Å². The highest BCUT2D eigenvalue weighted by molar-refractivity contribution is 7.99. The second-order valence-electron chi connectivity index (χ2n) is 6.35. The first kappa shape index (κ1) is 20.2. The summed E-state index contributed by atoms with van der Waals surface area (Å²) in [4.78, 5) is 20.3. The Morgan fingerprint density at radius 1 is 1.10 bits per heavy atom. The molecule has 2 heterocycles. The molecule has 0 fully saturated rings. The van der Waals surface area contributed by atoms with Crippen LogP contribution >= 0.6 is 23.1 Å². The number of para-hydroxylation sites is 1. The lowest BCUT2D eigenvalue weighted by Gasteiger charge is -2.22. The Labute approximate surface area is 183 Å². The fourth-order valence-corrected chi connectivity index (χ4v) is 4.24. The molecule has 0 atom stereocenters. The molecule has 0 spiro atoms. The number of nitrogens with zero attached hydrogens (tertiary/aromatic N) is 4. The van der Waals surface area contributed by atoms with E-state index in [1.807, 2.05) is 72.1 Å². The van der Waals surface area contributed by atoms with Crippen molar-refractivity contribution in [3.63, 3.8) is 0 Å². The normalized spacial score (nSPS) is 10.7. The SMILES string of the molecule is COc1ccc(N(Cc2cccs2)C(=O)CSc2ncn(-c3ccccc3)n2)cc1. The predicted octanol–water partition coefficient (Wildman–Crippen LogP) is 4.66. The van der Waals surface area contributed by atoms with Crippen LogP contribution in [0.2, 0.25) is 0 Å². The fraction of sp³-hybridized carbons (Fsp3) is 0.136. The van der Waals surface area contributed by atoms with E-state index in [1.165, 1.54) is 11.8 Å². The highest BCUT2D eigenvalue weighted by atomic mass is 32.2. The number of carbonyl (C=O) groups is 1. The van der Waals surface area contributed by atoms with Crippen LogP contribution in [-0.2, 0) is 11.3 Å². The number of benzene rings is 2. The van der Waals surface area contributed by atoms with Crippen molar-refractivity contribution in [2.45, 2.75) is 11.7 Å². The molecule has 0 bridgehead atoms. The lowest BCUT2D eigenvalue weighted by Crippen LogP contribution is -2.31. The number of thiophene rings is 1. The van der Waals surface area contributed by atoms with Gasteiger partial charge in [0.1, 0.15) is 12.1 Å². The highest BCUT2D eigenvalue weighted by Crippen LogP contribution is 2.24. The third-order valence-electron chi connectivity index (χ3n) is 4.40. The Morgan fingerprint density at radius 3 is 2.60 bits per heavy atom. The van der Waals surface area contributed by atoms with E-state index in [2.05, 4.69) is 10.1 Å². The van der Waals surface area contributed by atoms with Crippen molar-refractivity contribution < 1.29 is 9.53 Å². The molecule has 0 N–H and O–H groups in total. The van der Waals surface area contributed by atoms with Crippen molar-refractivity contribution >= 4 is 34.7 Å². The van der Waals surface area contributed by atoms with Crippen molar-refractivity contribution in [1.82, 2.24) is 14.8 Å². The molecular formula is C22H20N4O2S2. The van der Waals surface area contributed by atoms with Gasteiger partial charge in [0, 0.05) is 10.6 Å². The van der Waals surface area contributed by atoms with Gasteiger partial charge in [0.2, 0.25) is 11.1 Å². The second kappa shape index (κ2) is 9.60. The molecule has 4 rings (SSSR count). The van der Waals surface area contributed by atoms with Gasteiger partial charge in [-0.05, 0) is 47.8 Å². The molecule has 152 valence electrons. The van der Waals surface area contributed by atoms with Crippen LogP contribution in [0, 0.1) is 0 Å². The molecule has 0 aliphatic heterocycles. The third kappa shape index (κ3) is 4.90. The largest absolute Gasteiger partial charge is 0.497 e. The summed E-state index contributed by atoms with van der Waals surface area (Å²) < 4.78 is 6.94. The van der Waals surface area contributed by atoms with E-state index >= 15 is 0 Å². The zero-order chi connectivity index (χ0) is 20.8. The minimum atomic E-state index is -0.00497. The summed E-state index contributed by atoms with van der Waals surface area (Å²) in [6.07, 6.45) is 1.66. The zero-order valence-corrected chi connectivity index (χ0v) is 18.0. The number of thioether (sulfide) groups is 1. The Bertz CT molecular complexity index is 1080. The van der Waals surface area contributed by atoms with Gasteiger partial charge in [0.25, 0.3) is 0 Å². The van der Waals surface area contributed by atoms with E-state index in [0.717, 1.165) is 22.0 Å². The topological polar surface area (TPSA) is 60.2 Å². The minimum Gasteiger partial charge on any atom is -0.497 e. The van der Waals surface area contributed by atoms with E-state index in [0.29, 0.717) is 11.7 Å². The summed E-state index contributed by atoms with van der Waals surface area (Å²) in [6, 6.07) is 21.3. The Kier molecular flexibility index (Phi) is 6.46. The average Bonchev–Trinajstić information content (AvgIpc) is 3.49. The maximum atomic E-state index is 13.1. The van der Waals surface area contributed by atoms with Crippen LogP contribution in [0.4, 0.5) is 5.69 Å². The van der Waals surface area contributed by atoms with Crippen molar-refractivity contribution in [1.29, 1.82) is 0 Å². The maximum absolute atomic E-state index is 13.1. The van der Waals surface area contributed by atoms with Gasteiger partial charge in [0.05, 0.1) is 25.1 Å². The molecule has 0 aliphatic carbocycles. The molecule has 6 nitrogen and oxygen atoms in total. The van der Waals surface area contributed by atoms with Crippen LogP contribution in [0.1, 0.15) is 4.88 Å². The number of anilines is 1. The molecule has 1 amide bonds. The van der Waals surface area contributed by atoms with E-state index in [4.69, 9.17) is 4.74 Å². The quantitative estimate of drug-likeness (QED) is 0.376. The zero-order valence-electron chi connectivity index (χ0n) is 16.3. The van der Waals surface area contributed by atoms with E-state index < -0.39 is 0 Å². The Balaban J connectivity index is 1.47. The summed E-state index contributed by atoms with van der Waals surface area (Å²) in [7, 11) is 1.63. The van der Waals surface area contributed by atoms with Gasteiger partial charge in [0.15, 0.2) is 0 Å². The standard InChI is InChI=1S/C22H20N4O2S2/c1-28-19-11-9-17(10-12-19)25(14-20-8-5-13-29-20)21(27)15-30-22-23-16-26(24-22)18-6-3-2-4-7-18/h2-13,16H,14-15H2,1H3. The van der Waals surface area contributed by atoms with Gasteiger partial charge in [-0.1, -0.05) is 36.0 Å². The first-order chi connectivity index (χ1) is 14.7. The van der Waals surface area contributed by atoms with E-state index in [1.54, 1.807) is 34.4 Å². The summed E-state index contributed by atoms with van der Waals surface area (Å²) in [5, 5.41) is 7.05. The summed E-state index contributed by atoms with van der Waals surface area (Å²) in [6.45, 7) is 0.523. The minimum absolute atomic E-state index is 0.00497. The molecule has 2 aromatic heterocycles. The van der Waals surface area contributed by atoms with E-state index in [9.17, 15) is 4.79 Å². The van der Waals surface area contributed by atoms with Gasteiger partial charge in [-0.25, -0.2) is 9.67 Å². The third-order valence-corrected chi connectivity index (χ3v) is 6.09. The number of hydrogen-bond acceptors (Lipinski definition) is 6. The molecular weight excluding hydrogens is 416 g/mol. The number of methoxy groups -OCH3 is 1. The van der Waals surface area contributed by atoms with Crippen LogP contribution in [-0.4, -0.2) is 33.5 Å². The summed E-state index contributed by atoms with van der Waals surface area (Å²) >= 11 is 2.96. The highest BCUT2D eigenvalue weighted by Gasteiger charge is 2.18. The number of hydrogen-bond donors (Lipinski definition) is 0. The van der Waals surface area contributed by atoms with Gasteiger partial charge >= 0.3 is 0 Å². The van der Waals surface area contributed by atoms with Gasteiger partial charge in [-0.2, -0.15) is 0 Å². The number of aromatic nitrogens is 3. The van der Waals surface area contributed by atoms with E-state index in [-0.39, 0.29) is 11.7 Å². The van der Waals surface area contributed by atoms with Crippen LogP contribution in [0.25, 0.3) is 5.69 Å². The van der Waals surface area contributed by atoms with Crippen LogP contribution in [0.3, 0.4) is 0 Å². The smallest absolute Gasteiger partial charge is 0.237 e. The Morgan fingerprint density at radius 2 is 1.90 bits per heavy atom. The molecule has 0 aliphatic rings. The first-order valence-corrected chi connectivity index (χ1v) is 11.2. The van der Waals surface area contributed by atoms with Crippen LogP contribution in [0.15, 0.2) is 83.6 Å². The predicted molar refractivity (Wildman–Crippen MR) is 121 cm³/mol. The lowest BCUT2D eigenvalue weighted by molar-refractivity contribution is -0.116. The van der Waals surface area contributed by atoms with Crippen LogP contribution < -0.4 is 9.64 Å². The van der Waals surface area contributed by atoms with Crippen molar-refractivity contribution in [3.8, 4) is 11.4 Å². The summed E-state index contributed by atoms with van der Waals surface area (Å²) in [5.41, 5.74) is 1.76. The Hall–Kier alpha value is -3.10. The molecule has 0 saturated heterocycles. The molecule has 8 heteroatoms. The molecule has 0 saturated carbocycles. The van der Waals surface area contributed by atoms with Crippen molar-refractivity contribution in [2.24, 2.45) is 0 Å². The number of ether oxygens (including phenoxy) is 1. The van der Waals surface area contributed by atoms with Crippen LogP contribution in [0.5, 0.6) is 5.75 Å². The second-order valence-corrected chi connectivity index (χ2v) is 8.33. The molecule has 0 radical (unpaired) electrons. The monoisotopic (exact) mass is 436 g/mol. The fourth-order valence-electron chi connectivity index (χ4n) is 2.87. The molecule has 0 unspecified atom stereocenters. The van der Waals surface area contributed by atoms with Gasteiger partial charge in [-0.3, -0.25) is 4.79 Å². The average molecular weight is 437 g/mol. The number of carbonyl (C=O) groups excluding carboxylic acids is 1. The van der Waals surface area contributed by atoms with Crippen molar-refractivity contribution in [3.05, 3.63) is 83.3 Å². The number of rotatable bonds is 8. The van der Waals surface area contributed by atoms with Crippen molar-refractivity contribution in [2.75, 3.05) is 17.8 Å².